The SMILES string of the molecule is CC(N)CCc1ncc(-c2cnn(-c3ccccc3)c2)[nH]1. The van der Waals surface area contributed by atoms with Gasteiger partial charge in [-0.15, -0.1) is 0 Å². The molecule has 0 spiro atoms. The lowest BCUT2D eigenvalue weighted by Crippen LogP contribution is -2.15. The Morgan fingerprint density at radius 2 is 2.05 bits per heavy atom. The summed E-state index contributed by atoms with van der Waals surface area (Å²) in [6.45, 7) is 2.01. The van der Waals surface area contributed by atoms with Gasteiger partial charge in [0.05, 0.1) is 23.8 Å². The van der Waals surface area contributed by atoms with Crippen molar-refractivity contribution in [2.24, 2.45) is 5.73 Å². The molecule has 1 unspecified atom stereocenters. The molecule has 0 aliphatic heterocycles. The number of nitrogens with two attached hydrogens (primary N) is 1. The van der Waals surface area contributed by atoms with E-state index in [4.69, 9.17) is 5.73 Å². The van der Waals surface area contributed by atoms with Crippen molar-refractivity contribution >= 4 is 0 Å². The molecule has 108 valence electrons. The van der Waals surface area contributed by atoms with Gasteiger partial charge >= 0.3 is 0 Å². The maximum absolute atomic E-state index is 5.77. The molecule has 1 atom stereocenters. The molecule has 2 aromatic heterocycles. The van der Waals surface area contributed by atoms with E-state index in [0.29, 0.717) is 0 Å². The molecule has 0 saturated heterocycles. The summed E-state index contributed by atoms with van der Waals surface area (Å²) in [6.07, 6.45) is 7.48. The molecule has 0 amide bonds. The van der Waals surface area contributed by atoms with E-state index in [2.05, 4.69) is 15.1 Å². The molecular formula is C16H19N5. The summed E-state index contributed by atoms with van der Waals surface area (Å²) >= 11 is 0. The first-order chi connectivity index (χ1) is 10.2. The predicted molar refractivity (Wildman–Crippen MR) is 83.1 cm³/mol. The normalized spacial score (nSPS) is 12.5. The van der Waals surface area contributed by atoms with E-state index >= 15 is 0 Å². The molecule has 3 N–H and O–H groups in total. The molecule has 21 heavy (non-hydrogen) atoms. The van der Waals surface area contributed by atoms with Crippen LogP contribution in [0.4, 0.5) is 0 Å². The lowest BCUT2D eigenvalue weighted by atomic mass is 10.2. The highest BCUT2D eigenvalue weighted by Crippen LogP contribution is 2.18. The van der Waals surface area contributed by atoms with Crippen LogP contribution in [0, 0.1) is 0 Å². The van der Waals surface area contributed by atoms with Crippen LogP contribution in [0.25, 0.3) is 16.9 Å². The fourth-order valence-corrected chi connectivity index (χ4v) is 2.18. The highest BCUT2D eigenvalue weighted by atomic mass is 15.3. The number of nitrogens with one attached hydrogen (secondary N) is 1. The third kappa shape index (κ3) is 3.20. The number of nitrogens with zero attached hydrogens (tertiary/aromatic N) is 3. The second-order valence-corrected chi connectivity index (χ2v) is 5.27. The number of hydrogen-bond donors (Lipinski definition) is 2. The fraction of sp³-hybridized carbons (Fsp3) is 0.250. The number of benzene rings is 1. The molecule has 0 saturated carbocycles. The number of aromatic nitrogens is 4. The van der Waals surface area contributed by atoms with Crippen LogP contribution in [-0.4, -0.2) is 25.8 Å². The van der Waals surface area contributed by atoms with Crippen molar-refractivity contribution in [3.05, 3.63) is 54.7 Å². The van der Waals surface area contributed by atoms with E-state index in [1.165, 1.54) is 0 Å². The Balaban J connectivity index is 1.77. The van der Waals surface area contributed by atoms with Crippen LogP contribution in [0.5, 0.6) is 0 Å². The molecule has 0 fully saturated rings. The first-order valence-electron chi connectivity index (χ1n) is 7.12. The molecule has 5 heteroatoms. The van der Waals surface area contributed by atoms with Gasteiger partial charge in [0.15, 0.2) is 0 Å². The number of para-hydroxylation sites is 1. The Labute approximate surface area is 123 Å². The third-order valence-corrected chi connectivity index (χ3v) is 3.38. The van der Waals surface area contributed by atoms with E-state index in [9.17, 15) is 0 Å². The van der Waals surface area contributed by atoms with E-state index < -0.39 is 0 Å². The van der Waals surface area contributed by atoms with Crippen molar-refractivity contribution in [1.82, 2.24) is 19.7 Å². The summed E-state index contributed by atoms with van der Waals surface area (Å²) in [5.41, 5.74) is 8.82. The second kappa shape index (κ2) is 5.93. The van der Waals surface area contributed by atoms with Gasteiger partial charge in [-0.2, -0.15) is 5.10 Å². The van der Waals surface area contributed by atoms with Gasteiger partial charge in [0, 0.05) is 24.2 Å². The minimum absolute atomic E-state index is 0.194. The van der Waals surface area contributed by atoms with Crippen LogP contribution in [0.15, 0.2) is 48.9 Å². The summed E-state index contributed by atoms with van der Waals surface area (Å²) in [6, 6.07) is 10.2. The van der Waals surface area contributed by atoms with E-state index in [1.807, 2.05) is 60.5 Å². The highest BCUT2D eigenvalue weighted by molar-refractivity contribution is 5.57. The standard InChI is InChI=1S/C16H19N5/c1-12(17)7-8-16-18-10-15(20-16)13-9-19-21(11-13)14-5-3-2-4-6-14/h2-6,9-12H,7-8,17H2,1H3,(H,18,20). The Hall–Kier alpha value is -2.40. The summed E-state index contributed by atoms with van der Waals surface area (Å²) in [4.78, 5) is 7.73. The average Bonchev–Trinajstić information content (AvgIpc) is 3.15. The zero-order valence-corrected chi connectivity index (χ0v) is 12.0. The van der Waals surface area contributed by atoms with Crippen molar-refractivity contribution in [2.45, 2.75) is 25.8 Å². The van der Waals surface area contributed by atoms with Crippen LogP contribution < -0.4 is 5.73 Å². The number of aromatic amines is 1. The summed E-state index contributed by atoms with van der Waals surface area (Å²) in [5, 5.41) is 4.40. The minimum atomic E-state index is 0.194. The highest BCUT2D eigenvalue weighted by Gasteiger charge is 2.07. The summed E-state index contributed by atoms with van der Waals surface area (Å²) in [5.74, 6) is 0.967. The maximum Gasteiger partial charge on any atom is 0.106 e. The van der Waals surface area contributed by atoms with Crippen molar-refractivity contribution in [2.75, 3.05) is 0 Å². The van der Waals surface area contributed by atoms with Gasteiger partial charge in [0.2, 0.25) is 0 Å². The number of hydrogen-bond acceptors (Lipinski definition) is 3. The van der Waals surface area contributed by atoms with E-state index in [0.717, 1.165) is 35.6 Å². The molecule has 0 radical (unpaired) electrons. The van der Waals surface area contributed by atoms with E-state index in [-0.39, 0.29) is 6.04 Å². The van der Waals surface area contributed by atoms with Crippen LogP contribution in [0.1, 0.15) is 19.2 Å². The van der Waals surface area contributed by atoms with Crippen LogP contribution >= 0.6 is 0 Å². The zero-order valence-electron chi connectivity index (χ0n) is 12.0. The molecule has 3 rings (SSSR count). The fourth-order valence-electron chi connectivity index (χ4n) is 2.18. The van der Waals surface area contributed by atoms with Gasteiger partial charge in [-0.1, -0.05) is 18.2 Å². The quantitative estimate of drug-likeness (QED) is 0.755. The van der Waals surface area contributed by atoms with Gasteiger partial charge in [-0.25, -0.2) is 9.67 Å². The van der Waals surface area contributed by atoms with Gasteiger partial charge < -0.3 is 10.7 Å². The maximum atomic E-state index is 5.77. The first-order valence-corrected chi connectivity index (χ1v) is 7.12. The van der Waals surface area contributed by atoms with Crippen molar-refractivity contribution < 1.29 is 0 Å². The second-order valence-electron chi connectivity index (χ2n) is 5.27. The van der Waals surface area contributed by atoms with Gasteiger partial charge in [-0.3, -0.25) is 0 Å². The Bertz CT molecular complexity index is 696. The predicted octanol–water partition coefficient (Wildman–Crippen LogP) is 2.54. The third-order valence-electron chi connectivity index (χ3n) is 3.38. The summed E-state index contributed by atoms with van der Waals surface area (Å²) in [7, 11) is 0. The monoisotopic (exact) mass is 281 g/mol. The van der Waals surface area contributed by atoms with Gasteiger partial charge in [0.1, 0.15) is 5.82 Å². The minimum Gasteiger partial charge on any atom is -0.342 e. The Morgan fingerprint density at radius 1 is 1.24 bits per heavy atom. The first kappa shape index (κ1) is 13.6. The lowest BCUT2D eigenvalue weighted by molar-refractivity contribution is 0.652. The van der Waals surface area contributed by atoms with Gasteiger partial charge in [0.25, 0.3) is 0 Å². The smallest absolute Gasteiger partial charge is 0.106 e. The summed E-state index contributed by atoms with van der Waals surface area (Å²) < 4.78 is 1.86. The molecule has 0 aliphatic carbocycles. The Kier molecular flexibility index (Phi) is 3.83. The molecular weight excluding hydrogens is 262 g/mol. The largest absolute Gasteiger partial charge is 0.342 e. The van der Waals surface area contributed by atoms with Crippen molar-refractivity contribution in [1.29, 1.82) is 0 Å². The van der Waals surface area contributed by atoms with Gasteiger partial charge in [-0.05, 0) is 25.5 Å². The number of aryl methyl sites for hydroxylation is 1. The van der Waals surface area contributed by atoms with Crippen LogP contribution in [0.2, 0.25) is 0 Å². The molecule has 3 aromatic rings. The molecule has 5 nitrogen and oxygen atoms in total. The molecule has 0 aliphatic rings. The molecule has 1 aromatic carbocycles. The van der Waals surface area contributed by atoms with E-state index in [1.54, 1.807) is 0 Å². The lowest BCUT2D eigenvalue weighted by Gasteiger charge is -2.01. The molecule has 0 bridgehead atoms. The van der Waals surface area contributed by atoms with Crippen LogP contribution in [-0.2, 0) is 6.42 Å². The van der Waals surface area contributed by atoms with Crippen molar-refractivity contribution in [3.8, 4) is 16.9 Å². The number of H-pyrrole nitrogens is 1. The Morgan fingerprint density at radius 3 is 2.81 bits per heavy atom. The zero-order chi connectivity index (χ0) is 14.7. The average molecular weight is 281 g/mol. The number of rotatable bonds is 5. The van der Waals surface area contributed by atoms with Crippen LogP contribution in [0.3, 0.4) is 0 Å². The molecule has 2 heterocycles. The van der Waals surface area contributed by atoms with Crippen molar-refractivity contribution in [3.63, 3.8) is 0 Å². The number of imidazole rings is 1. The topological polar surface area (TPSA) is 72.5 Å².